The highest BCUT2D eigenvalue weighted by molar-refractivity contribution is 5.64. The number of hydrogen-bond donors (Lipinski definition) is 1. The number of nitro groups is 1. The predicted molar refractivity (Wildman–Crippen MR) is 79.0 cm³/mol. The fourth-order valence-corrected chi connectivity index (χ4v) is 2.05. The zero-order valence-corrected chi connectivity index (χ0v) is 11.5. The van der Waals surface area contributed by atoms with Crippen LogP contribution < -0.4 is 5.32 Å². The zero-order valence-electron chi connectivity index (χ0n) is 11.5. The fraction of sp³-hybridized carbons (Fsp3) is 0.200. The molecular formula is C15H14N4O2. The molecule has 1 aromatic carbocycles. The van der Waals surface area contributed by atoms with Crippen LogP contribution in [0.3, 0.4) is 0 Å². The third-order valence-corrected chi connectivity index (χ3v) is 3.02. The molecule has 1 N–H and O–H groups in total. The fourth-order valence-electron chi connectivity index (χ4n) is 2.05. The van der Waals surface area contributed by atoms with Gasteiger partial charge < -0.3 is 5.32 Å². The highest BCUT2D eigenvalue weighted by Gasteiger charge is 2.20. The van der Waals surface area contributed by atoms with Crippen molar-refractivity contribution in [3.05, 3.63) is 63.3 Å². The lowest BCUT2D eigenvalue weighted by Crippen LogP contribution is -2.09. The second-order valence-electron chi connectivity index (χ2n) is 4.59. The van der Waals surface area contributed by atoms with Crippen LogP contribution in [-0.2, 0) is 6.42 Å². The quantitative estimate of drug-likeness (QED) is 0.672. The summed E-state index contributed by atoms with van der Waals surface area (Å²) in [6.07, 6.45) is 2.11. The smallest absolute Gasteiger partial charge is 0.328 e. The summed E-state index contributed by atoms with van der Waals surface area (Å²) in [5, 5.41) is 22.9. The van der Waals surface area contributed by atoms with Crippen molar-refractivity contribution in [1.29, 1.82) is 5.26 Å². The lowest BCUT2D eigenvalue weighted by atomic mass is 10.1. The maximum absolute atomic E-state index is 11.1. The van der Waals surface area contributed by atoms with E-state index in [1.54, 1.807) is 0 Å². The van der Waals surface area contributed by atoms with E-state index < -0.39 is 4.92 Å². The molecule has 0 aliphatic rings. The van der Waals surface area contributed by atoms with Crippen molar-refractivity contribution in [2.75, 3.05) is 11.9 Å². The third kappa shape index (κ3) is 3.54. The van der Waals surface area contributed by atoms with E-state index in [4.69, 9.17) is 5.26 Å². The summed E-state index contributed by atoms with van der Waals surface area (Å²) in [6, 6.07) is 11.2. The van der Waals surface area contributed by atoms with E-state index in [0.29, 0.717) is 6.54 Å². The van der Waals surface area contributed by atoms with Gasteiger partial charge in [-0.3, -0.25) is 10.1 Å². The first kappa shape index (κ1) is 14.5. The number of pyridine rings is 1. The minimum Gasteiger partial charge on any atom is -0.364 e. The second-order valence-corrected chi connectivity index (χ2v) is 4.59. The summed E-state index contributed by atoms with van der Waals surface area (Å²) in [5.74, 6) is 0.131. The Morgan fingerprint density at radius 3 is 2.90 bits per heavy atom. The number of nitrogens with zero attached hydrogens (tertiary/aromatic N) is 3. The summed E-state index contributed by atoms with van der Waals surface area (Å²) in [5.41, 5.74) is 2.04. The van der Waals surface area contributed by atoms with Gasteiger partial charge in [-0.2, -0.15) is 5.26 Å². The van der Waals surface area contributed by atoms with Crippen LogP contribution in [0.1, 0.15) is 16.7 Å². The first-order valence-electron chi connectivity index (χ1n) is 6.44. The molecule has 2 rings (SSSR count). The number of aromatic nitrogens is 1. The number of anilines is 1. The van der Waals surface area contributed by atoms with Crippen molar-refractivity contribution < 1.29 is 4.92 Å². The van der Waals surface area contributed by atoms with Crippen molar-refractivity contribution in [2.45, 2.75) is 13.3 Å². The van der Waals surface area contributed by atoms with E-state index >= 15 is 0 Å². The van der Waals surface area contributed by atoms with E-state index in [1.165, 1.54) is 17.8 Å². The Morgan fingerprint density at radius 2 is 2.24 bits per heavy atom. The van der Waals surface area contributed by atoms with Crippen LogP contribution in [0, 0.1) is 28.4 Å². The molecule has 0 saturated heterocycles. The number of nitrogens with one attached hydrogen (secondary N) is 1. The molecular weight excluding hydrogens is 268 g/mol. The Bertz CT molecular complexity index is 707. The molecule has 0 saturated carbocycles. The molecule has 1 aromatic heterocycles. The van der Waals surface area contributed by atoms with Gasteiger partial charge in [0, 0.05) is 12.7 Å². The molecule has 2 aromatic rings. The Labute approximate surface area is 122 Å². The van der Waals surface area contributed by atoms with Gasteiger partial charge in [0.05, 0.1) is 4.92 Å². The molecule has 0 spiro atoms. The van der Waals surface area contributed by atoms with E-state index in [-0.39, 0.29) is 17.1 Å². The summed E-state index contributed by atoms with van der Waals surface area (Å²) < 4.78 is 0. The molecule has 21 heavy (non-hydrogen) atoms. The average Bonchev–Trinajstić information content (AvgIpc) is 2.46. The van der Waals surface area contributed by atoms with Crippen LogP contribution in [0.4, 0.5) is 11.5 Å². The number of nitriles is 1. The van der Waals surface area contributed by atoms with Crippen molar-refractivity contribution >= 4 is 11.5 Å². The topological polar surface area (TPSA) is 91.8 Å². The maximum Gasteiger partial charge on any atom is 0.328 e. The summed E-state index contributed by atoms with van der Waals surface area (Å²) in [4.78, 5) is 14.4. The van der Waals surface area contributed by atoms with Crippen molar-refractivity contribution in [3.8, 4) is 6.07 Å². The van der Waals surface area contributed by atoms with Crippen LogP contribution >= 0.6 is 0 Å². The maximum atomic E-state index is 11.1. The lowest BCUT2D eigenvalue weighted by molar-refractivity contribution is -0.384. The highest BCUT2D eigenvalue weighted by atomic mass is 16.6. The monoisotopic (exact) mass is 282 g/mol. The van der Waals surface area contributed by atoms with Crippen LogP contribution in [0.5, 0.6) is 0 Å². The zero-order chi connectivity index (χ0) is 15.2. The first-order chi connectivity index (χ1) is 10.1. The van der Waals surface area contributed by atoms with Gasteiger partial charge in [0.15, 0.2) is 0 Å². The van der Waals surface area contributed by atoms with Crippen LogP contribution in [0.15, 0.2) is 36.5 Å². The Kier molecular flexibility index (Phi) is 4.46. The minimum atomic E-state index is -0.583. The Hall–Kier alpha value is -2.94. The third-order valence-electron chi connectivity index (χ3n) is 3.02. The number of hydrogen-bond acceptors (Lipinski definition) is 5. The van der Waals surface area contributed by atoms with Gasteiger partial charge in [0.25, 0.3) is 0 Å². The van der Waals surface area contributed by atoms with Crippen molar-refractivity contribution in [2.24, 2.45) is 0 Å². The molecule has 106 valence electrons. The molecule has 0 fully saturated rings. The summed E-state index contributed by atoms with van der Waals surface area (Å²) in [7, 11) is 0. The highest BCUT2D eigenvalue weighted by Crippen LogP contribution is 2.25. The molecule has 0 bridgehead atoms. The van der Waals surface area contributed by atoms with Gasteiger partial charge in [-0.1, -0.05) is 29.8 Å². The van der Waals surface area contributed by atoms with E-state index in [1.807, 2.05) is 31.2 Å². The second kappa shape index (κ2) is 6.48. The Balaban J connectivity index is 2.10. The minimum absolute atomic E-state index is 0.00746. The van der Waals surface area contributed by atoms with Crippen LogP contribution in [0.25, 0.3) is 0 Å². The largest absolute Gasteiger partial charge is 0.364 e. The van der Waals surface area contributed by atoms with Gasteiger partial charge in [0.2, 0.25) is 5.82 Å². The van der Waals surface area contributed by atoms with Gasteiger partial charge in [0.1, 0.15) is 11.6 Å². The SMILES string of the molecule is Cc1cccc(CCNc2nccc(C#N)c2[N+](=O)[O-])c1. The van der Waals surface area contributed by atoms with E-state index in [2.05, 4.69) is 16.4 Å². The van der Waals surface area contributed by atoms with Gasteiger partial charge in [-0.25, -0.2) is 4.98 Å². The van der Waals surface area contributed by atoms with Gasteiger partial charge in [-0.15, -0.1) is 0 Å². The first-order valence-corrected chi connectivity index (χ1v) is 6.44. The summed E-state index contributed by atoms with van der Waals surface area (Å²) in [6.45, 7) is 2.52. The van der Waals surface area contributed by atoms with Crippen molar-refractivity contribution in [3.63, 3.8) is 0 Å². The standard InChI is InChI=1S/C15H14N4O2/c1-11-3-2-4-12(9-11)5-7-17-15-14(19(20)21)13(10-16)6-8-18-15/h2-4,6,8-9H,5,7H2,1H3,(H,17,18). The summed E-state index contributed by atoms with van der Waals surface area (Å²) >= 11 is 0. The lowest BCUT2D eigenvalue weighted by Gasteiger charge is -2.07. The molecule has 1 heterocycles. The molecule has 0 aliphatic heterocycles. The Morgan fingerprint density at radius 1 is 1.43 bits per heavy atom. The molecule has 0 aliphatic carbocycles. The average molecular weight is 282 g/mol. The molecule has 6 heteroatoms. The van der Waals surface area contributed by atoms with Crippen LogP contribution in [-0.4, -0.2) is 16.5 Å². The molecule has 0 atom stereocenters. The van der Waals surface area contributed by atoms with E-state index in [9.17, 15) is 10.1 Å². The molecule has 6 nitrogen and oxygen atoms in total. The van der Waals surface area contributed by atoms with Crippen LogP contribution in [0.2, 0.25) is 0 Å². The molecule has 0 unspecified atom stereocenters. The molecule has 0 radical (unpaired) electrons. The van der Waals surface area contributed by atoms with Gasteiger partial charge in [-0.05, 0) is 25.0 Å². The molecule has 0 amide bonds. The van der Waals surface area contributed by atoms with Crippen molar-refractivity contribution in [1.82, 2.24) is 4.98 Å². The number of aryl methyl sites for hydroxylation is 1. The predicted octanol–water partition coefficient (Wildman–Crippen LogP) is 2.82. The van der Waals surface area contributed by atoms with Gasteiger partial charge >= 0.3 is 5.69 Å². The number of rotatable bonds is 5. The van der Waals surface area contributed by atoms with E-state index in [0.717, 1.165) is 12.0 Å². The normalized spacial score (nSPS) is 9.90. The number of benzene rings is 1.